The van der Waals surface area contributed by atoms with Gasteiger partial charge in [-0.3, -0.25) is 0 Å². The van der Waals surface area contributed by atoms with Crippen LogP contribution in [-0.4, -0.2) is 23.1 Å². The van der Waals surface area contributed by atoms with Crippen molar-refractivity contribution in [3.8, 4) is 0 Å². The van der Waals surface area contributed by atoms with Gasteiger partial charge in [0.2, 0.25) is 6.33 Å². The zero-order chi connectivity index (χ0) is 15.4. The van der Waals surface area contributed by atoms with Crippen LogP contribution in [-0.2, 0) is 18.4 Å². The van der Waals surface area contributed by atoms with E-state index >= 15 is 0 Å². The molecule has 116 valence electrons. The molecule has 0 aliphatic rings. The van der Waals surface area contributed by atoms with E-state index in [4.69, 9.17) is 11.5 Å². The molecule has 0 fully saturated rings. The van der Waals surface area contributed by atoms with Gasteiger partial charge >= 0.3 is 0 Å². The Balaban J connectivity index is 0.000000361. The number of aromatic nitrogens is 2. The molecule has 0 aromatic carbocycles. The van der Waals surface area contributed by atoms with Gasteiger partial charge in [-0.2, -0.15) is 0 Å². The van der Waals surface area contributed by atoms with Gasteiger partial charge in [0.25, 0.3) is 0 Å². The Morgan fingerprint density at radius 2 is 2.10 bits per heavy atom. The third kappa shape index (κ3) is 9.52. The highest BCUT2D eigenvalue weighted by Gasteiger charge is 2.00. The standard InChI is InChI=1S/C8H15N2.C6H14N2O2/c1-3-4-5-10-7-6-9(2)8-10;7-4-2-1-3-5(8)6(9)10/h6-8H,3-5H2,1-2H3;5H,1-4,7-8H2,(H,9,10)/q+1;/p-1/t;5-/m.0/s1. The molecule has 1 aromatic heterocycles. The van der Waals surface area contributed by atoms with Crippen molar-refractivity contribution in [1.82, 2.24) is 4.57 Å². The lowest BCUT2D eigenvalue weighted by atomic mass is 10.1. The first-order valence-electron chi connectivity index (χ1n) is 7.18. The number of unbranched alkanes of at least 4 members (excludes halogenated alkanes) is 2. The molecule has 0 unspecified atom stereocenters. The summed E-state index contributed by atoms with van der Waals surface area (Å²) in [5.74, 6) is -1.18. The number of aliphatic carboxylic acids is 1. The minimum Gasteiger partial charge on any atom is -0.548 e. The van der Waals surface area contributed by atoms with Crippen LogP contribution >= 0.6 is 0 Å². The number of hydrogen-bond acceptors (Lipinski definition) is 4. The lowest BCUT2D eigenvalue weighted by molar-refractivity contribution is -0.671. The molecule has 1 heterocycles. The number of carbonyl (C=O) groups excluding carboxylic acids is 1. The summed E-state index contributed by atoms with van der Waals surface area (Å²) in [5.41, 5.74) is 10.3. The molecule has 0 aliphatic carbocycles. The predicted molar refractivity (Wildman–Crippen MR) is 76.4 cm³/mol. The average molecular weight is 284 g/mol. The van der Waals surface area contributed by atoms with Crippen LogP contribution in [0.5, 0.6) is 0 Å². The summed E-state index contributed by atoms with van der Waals surface area (Å²) in [6, 6.07) is -0.827. The van der Waals surface area contributed by atoms with Crippen LogP contribution in [0.4, 0.5) is 0 Å². The molecule has 0 spiro atoms. The molecular weight excluding hydrogens is 256 g/mol. The van der Waals surface area contributed by atoms with E-state index < -0.39 is 12.0 Å². The molecule has 4 N–H and O–H groups in total. The zero-order valence-electron chi connectivity index (χ0n) is 12.6. The number of carboxylic acids is 1. The monoisotopic (exact) mass is 284 g/mol. The molecule has 1 aromatic rings. The summed E-state index contributed by atoms with van der Waals surface area (Å²) in [4.78, 5) is 10.0. The van der Waals surface area contributed by atoms with Crippen molar-refractivity contribution >= 4 is 5.97 Å². The minimum absolute atomic E-state index is 0.458. The van der Waals surface area contributed by atoms with Crippen molar-refractivity contribution in [3.05, 3.63) is 18.7 Å². The minimum atomic E-state index is -1.18. The van der Waals surface area contributed by atoms with E-state index in [1.54, 1.807) is 0 Å². The molecule has 1 rings (SSSR count). The fourth-order valence-corrected chi connectivity index (χ4v) is 1.60. The smallest absolute Gasteiger partial charge is 0.243 e. The van der Waals surface area contributed by atoms with Crippen molar-refractivity contribution in [2.75, 3.05) is 6.54 Å². The zero-order valence-corrected chi connectivity index (χ0v) is 12.6. The third-order valence-electron chi connectivity index (χ3n) is 2.87. The predicted octanol–water partition coefficient (Wildman–Crippen LogP) is -0.695. The molecule has 6 heteroatoms. The second kappa shape index (κ2) is 11.4. The lowest BCUT2D eigenvalue weighted by Gasteiger charge is -2.10. The van der Waals surface area contributed by atoms with Gasteiger partial charge in [-0.05, 0) is 25.8 Å². The Morgan fingerprint density at radius 3 is 2.55 bits per heavy atom. The highest BCUT2D eigenvalue weighted by Crippen LogP contribution is 1.96. The highest BCUT2D eigenvalue weighted by atomic mass is 16.4. The van der Waals surface area contributed by atoms with E-state index in [1.165, 1.54) is 12.8 Å². The average Bonchev–Trinajstić information content (AvgIpc) is 2.83. The summed E-state index contributed by atoms with van der Waals surface area (Å²) in [5, 5.41) is 10.0. The van der Waals surface area contributed by atoms with Crippen LogP contribution in [0.15, 0.2) is 18.7 Å². The molecule has 0 aliphatic heterocycles. The third-order valence-corrected chi connectivity index (χ3v) is 2.87. The second-order valence-corrected chi connectivity index (χ2v) is 4.88. The number of aryl methyl sites for hydroxylation is 2. The maximum Gasteiger partial charge on any atom is 0.243 e. The number of carbonyl (C=O) groups is 1. The number of hydrogen-bond donors (Lipinski definition) is 2. The molecule has 6 nitrogen and oxygen atoms in total. The van der Waals surface area contributed by atoms with Crippen LogP contribution in [0.2, 0.25) is 0 Å². The molecule has 20 heavy (non-hydrogen) atoms. The molecular formula is C14H28N4O2. The van der Waals surface area contributed by atoms with Crippen molar-refractivity contribution in [2.24, 2.45) is 18.5 Å². The van der Waals surface area contributed by atoms with E-state index in [9.17, 15) is 9.90 Å². The van der Waals surface area contributed by atoms with Gasteiger partial charge in [0, 0.05) is 6.04 Å². The number of nitrogens with zero attached hydrogens (tertiary/aromatic N) is 2. The van der Waals surface area contributed by atoms with E-state index in [2.05, 4.69) is 34.8 Å². The first-order valence-corrected chi connectivity index (χ1v) is 7.18. The van der Waals surface area contributed by atoms with Gasteiger partial charge in [0.05, 0.1) is 19.6 Å². The van der Waals surface area contributed by atoms with Gasteiger partial charge in [0.15, 0.2) is 0 Å². The molecule has 0 saturated heterocycles. The SMILES string of the molecule is CCCCn1cc[n+](C)c1.NCCCC[C@H](N)C(=O)[O-]. The fourth-order valence-electron chi connectivity index (χ4n) is 1.60. The van der Waals surface area contributed by atoms with Gasteiger partial charge in [-0.25, -0.2) is 9.13 Å². The molecule has 0 saturated carbocycles. The normalized spacial score (nSPS) is 11.6. The molecule has 0 bridgehead atoms. The molecule has 1 atom stereocenters. The molecule has 0 radical (unpaired) electrons. The number of nitrogens with two attached hydrogens (primary N) is 2. The Bertz CT molecular complexity index is 366. The van der Waals surface area contributed by atoms with Crippen LogP contribution < -0.4 is 21.1 Å². The maximum atomic E-state index is 10.0. The first-order chi connectivity index (χ1) is 9.51. The van der Waals surface area contributed by atoms with Crippen LogP contribution in [0, 0.1) is 0 Å². The summed E-state index contributed by atoms with van der Waals surface area (Å²) >= 11 is 0. The lowest BCUT2D eigenvalue weighted by Crippen LogP contribution is -2.41. The Kier molecular flexibility index (Phi) is 10.6. The van der Waals surface area contributed by atoms with Gasteiger partial charge in [-0.1, -0.05) is 19.8 Å². The summed E-state index contributed by atoms with van der Waals surface area (Å²) in [6.45, 7) is 3.95. The van der Waals surface area contributed by atoms with E-state index in [1.807, 2.05) is 7.05 Å². The maximum absolute atomic E-state index is 10.0. The van der Waals surface area contributed by atoms with E-state index in [-0.39, 0.29) is 0 Å². The summed E-state index contributed by atoms with van der Waals surface area (Å²) in [7, 11) is 2.04. The summed E-state index contributed by atoms with van der Waals surface area (Å²) in [6.07, 6.45) is 10.9. The fraction of sp³-hybridized carbons (Fsp3) is 0.714. The molecule has 0 amide bonds. The second-order valence-electron chi connectivity index (χ2n) is 4.88. The Hall–Kier alpha value is -1.40. The first kappa shape index (κ1) is 18.6. The van der Waals surface area contributed by atoms with E-state index in [0.29, 0.717) is 13.0 Å². The number of carboxylic acid groups (broad SMARTS) is 1. The van der Waals surface area contributed by atoms with Crippen molar-refractivity contribution < 1.29 is 14.5 Å². The Morgan fingerprint density at radius 1 is 1.40 bits per heavy atom. The number of rotatable bonds is 8. The van der Waals surface area contributed by atoms with Crippen LogP contribution in [0.3, 0.4) is 0 Å². The van der Waals surface area contributed by atoms with Gasteiger partial charge in [0.1, 0.15) is 12.4 Å². The van der Waals surface area contributed by atoms with Gasteiger partial charge in [-0.15, -0.1) is 0 Å². The largest absolute Gasteiger partial charge is 0.548 e. The topological polar surface area (TPSA) is 101 Å². The van der Waals surface area contributed by atoms with Crippen molar-refractivity contribution in [3.63, 3.8) is 0 Å². The van der Waals surface area contributed by atoms with Gasteiger partial charge < -0.3 is 21.4 Å². The van der Waals surface area contributed by atoms with Crippen molar-refractivity contribution in [2.45, 2.75) is 51.6 Å². The van der Waals surface area contributed by atoms with Crippen LogP contribution in [0.25, 0.3) is 0 Å². The highest BCUT2D eigenvalue weighted by molar-refractivity contribution is 5.70. The quantitative estimate of drug-likeness (QED) is 0.487. The number of imidazole rings is 1. The summed E-state index contributed by atoms with van der Waals surface area (Å²) < 4.78 is 4.28. The Labute approximate surface area is 121 Å². The van der Waals surface area contributed by atoms with Crippen molar-refractivity contribution in [1.29, 1.82) is 0 Å². The van der Waals surface area contributed by atoms with Crippen LogP contribution in [0.1, 0.15) is 39.0 Å². The van der Waals surface area contributed by atoms with E-state index in [0.717, 1.165) is 19.4 Å².